The molecule has 0 aliphatic rings. The Labute approximate surface area is 168 Å². The Hall–Kier alpha value is -3.31. The zero-order valence-corrected chi connectivity index (χ0v) is 16.0. The van der Waals surface area contributed by atoms with E-state index < -0.39 is 0 Å². The second-order valence-electron chi connectivity index (χ2n) is 6.15. The molecule has 0 radical (unpaired) electrons. The molecule has 0 fully saturated rings. The molecule has 5 nitrogen and oxygen atoms in total. The average molecular weight is 395 g/mol. The molecule has 0 unspecified atom stereocenters. The van der Waals surface area contributed by atoms with E-state index in [2.05, 4.69) is 10.6 Å². The molecular formula is C22H19ClN2O3. The van der Waals surface area contributed by atoms with Crippen molar-refractivity contribution in [1.29, 1.82) is 0 Å². The SMILES string of the molecule is Cc1cccc(Oc2ccccc2NC(=O)CNC(=O)c2ccc(Cl)cc2)c1. The lowest BCUT2D eigenvalue weighted by molar-refractivity contribution is -0.115. The maximum Gasteiger partial charge on any atom is 0.251 e. The minimum absolute atomic E-state index is 0.166. The van der Waals surface area contributed by atoms with E-state index in [1.54, 1.807) is 42.5 Å². The minimum atomic E-state index is -0.359. The molecule has 3 aromatic carbocycles. The van der Waals surface area contributed by atoms with Gasteiger partial charge in [0.15, 0.2) is 5.75 Å². The fourth-order valence-electron chi connectivity index (χ4n) is 2.52. The average Bonchev–Trinajstić information content (AvgIpc) is 2.68. The fraction of sp³-hybridized carbons (Fsp3) is 0.0909. The van der Waals surface area contributed by atoms with Gasteiger partial charge in [0, 0.05) is 10.6 Å². The molecular weight excluding hydrogens is 376 g/mol. The number of anilines is 1. The van der Waals surface area contributed by atoms with Crippen molar-refractivity contribution in [1.82, 2.24) is 5.32 Å². The van der Waals surface area contributed by atoms with Gasteiger partial charge in [-0.15, -0.1) is 0 Å². The van der Waals surface area contributed by atoms with Crippen molar-refractivity contribution in [2.75, 3.05) is 11.9 Å². The molecule has 28 heavy (non-hydrogen) atoms. The monoisotopic (exact) mass is 394 g/mol. The van der Waals surface area contributed by atoms with Gasteiger partial charge in [-0.2, -0.15) is 0 Å². The van der Waals surface area contributed by atoms with Gasteiger partial charge in [0.2, 0.25) is 5.91 Å². The van der Waals surface area contributed by atoms with Crippen LogP contribution in [0.4, 0.5) is 5.69 Å². The molecule has 2 N–H and O–H groups in total. The van der Waals surface area contributed by atoms with Crippen molar-refractivity contribution >= 4 is 29.1 Å². The largest absolute Gasteiger partial charge is 0.455 e. The van der Waals surface area contributed by atoms with Crippen LogP contribution in [0.25, 0.3) is 0 Å². The van der Waals surface area contributed by atoms with E-state index in [0.29, 0.717) is 27.8 Å². The molecule has 2 amide bonds. The molecule has 0 aliphatic carbocycles. The maximum atomic E-state index is 12.3. The van der Waals surface area contributed by atoms with E-state index in [1.807, 2.05) is 37.3 Å². The van der Waals surface area contributed by atoms with E-state index in [9.17, 15) is 9.59 Å². The van der Waals surface area contributed by atoms with Crippen molar-refractivity contribution < 1.29 is 14.3 Å². The van der Waals surface area contributed by atoms with E-state index in [1.165, 1.54) is 0 Å². The first kappa shape index (κ1) is 19.5. The Morgan fingerprint density at radius 3 is 2.46 bits per heavy atom. The first-order chi connectivity index (χ1) is 13.5. The Morgan fingerprint density at radius 1 is 0.964 bits per heavy atom. The summed E-state index contributed by atoms with van der Waals surface area (Å²) in [7, 11) is 0. The summed E-state index contributed by atoms with van der Waals surface area (Å²) >= 11 is 5.81. The summed E-state index contributed by atoms with van der Waals surface area (Å²) in [5, 5.41) is 5.88. The van der Waals surface area contributed by atoms with E-state index >= 15 is 0 Å². The molecule has 0 aromatic heterocycles. The maximum absolute atomic E-state index is 12.3. The van der Waals surface area contributed by atoms with Gasteiger partial charge in [-0.3, -0.25) is 9.59 Å². The van der Waals surface area contributed by atoms with Gasteiger partial charge in [0.25, 0.3) is 5.91 Å². The van der Waals surface area contributed by atoms with E-state index in [4.69, 9.17) is 16.3 Å². The van der Waals surface area contributed by atoms with Crippen molar-refractivity contribution in [2.45, 2.75) is 6.92 Å². The number of carbonyl (C=O) groups excluding carboxylic acids is 2. The zero-order valence-electron chi connectivity index (χ0n) is 15.2. The summed E-state index contributed by atoms with van der Waals surface area (Å²) in [6.07, 6.45) is 0. The molecule has 3 aromatic rings. The highest BCUT2D eigenvalue weighted by Crippen LogP contribution is 2.29. The number of halogens is 1. The Kier molecular flexibility index (Phi) is 6.29. The van der Waals surface area contributed by atoms with E-state index in [0.717, 1.165) is 5.56 Å². The van der Waals surface area contributed by atoms with Crippen molar-refractivity contribution in [3.8, 4) is 11.5 Å². The molecule has 0 aliphatic heterocycles. The number of para-hydroxylation sites is 2. The number of nitrogens with one attached hydrogen (secondary N) is 2. The molecule has 6 heteroatoms. The van der Waals surface area contributed by atoms with Crippen LogP contribution in [0.2, 0.25) is 5.02 Å². The summed E-state index contributed by atoms with van der Waals surface area (Å²) in [5.74, 6) is 0.488. The first-order valence-corrected chi connectivity index (χ1v) is 9.06. The predicted octanol–water partition coefficient (Wildman–Crippen LogP) is 4.81. The Morgan fingerprint density at radius 2 is 1.71 bits per heavy atom. The minimum Gasteiger partial charge on any atom is -0.455 e. The van der Waals surface area contributed by atoms with Gasteiger partial charge in [0.05, 0.1) is 12.2 Å². The van der Waals surface area contributed by atoms with Crippen molar-refractivity contribution in [3.05, 3.63) is 88.9 Å². The summed E-state index contributed by atoms with van der Waals surface area (Å²) in [6, 6.07) is 21.2. The Bertz CT molecular complexity index is 987. The number of benzene rings is 3. The van der Waals surface area contributed by atoms with Crippen LogP contribution in [0, 0.1) is 6.92 Å². The molecule has 142 valence electrons. The molecule has 0 bridgehead atoms. The third-order valence-corrected chi connectivity index (χ3v) is 4.15. The van der Waals surface area contributed by atoms with Gasteiger partial charge in [-0.25, -0.2) is 0 Å². The van der Waals surface area contributed by atoms with Crippen LogP contribution < -0.4 is 15.4 Å². The lowest BCUT2D eigenvalue weighted by atomic mass is 10.2. The molecule has 0 saturated carbocycles. The number of carbonyl (C=O) groups is 2. The summed E-state index contributed by atoms with van der Waals surface area (Å²) in [4.78, 5) is 24.4. The topological polar surface area (TPSA) is 67.4 Å². The van der Waals surface area contributed by atoms with Crippen molar-refractivity contribution in [2.24, 2.45) is 0 Å². The van der Waals surface area contributed by atoms with Gasteiger partial charge < -0.3 is 15.4 Å². The summed E-state index contributed by atoms with van der Waals surface area (Å²) < 4.78 is 5.88. The predicted molar refractivity (Wildman–Crippen MR) is 110 cm³/mol. The molecule has 3 rings (SSSR count). The number of hydrogen-bond acceptors (Lipinski definition) is 3. The molecule has 0 heterocycles. The van der Waals surface area contributed by atoms with Gasteiger partial charge in [0.1, 0.15) is 5.75 Å². The van der Waals surface area contributed by atoms with Crippen LogP contribution >= 0.6 is 11.6 Å². The normalized spacial score (nSPS) is 10.2. The highest BCUT2D eigenvalue weighted by atomic mass is 35.5. The number of rotatable bonds is 6. The quantitative estimate of drug-likeness (QED) is 0.630. The highest BCUT2D eigenvalue weighted by Gasteiger charge is 2.11. The molecule has 0 atom stereocenters. The fourth-order valence-corrected chi connectivity index (χ4v) is 2.65. The molecule has 0 saturated heterocycles. The number of ether oxygens (including phenoxy) is 1. The Balaban J connectivity index is 1.61. The smallest absolute Gasteiger partial charge is 0.251 e. The van der Waals surface area contributed by atoms with Crippen LogP contribution in [-0.4, -0.2) is 18.4 Å². The second-order valence-corrected chi connectivity index (χ2v) is 6.59. The van der Waals surface area contributed by atoms with Crippen molar-refractivity contribution in [3.63, 3.8) is 0 Å². The number of aryl methyl sites for hydroxylation is 1. The van der Waals surface area contributed by atoms with Crippen LogP contribution in [0.1, 0.15) is 15.9 Å². The summed E-state index contributed by atoms with van der Waals surface area (Å²) in [5.41, 5.74) is 2.03. The zero-order chi connectivity index (χ0) is 19.9. The lowest BCUT2D eigenvalue weighted by Crippen LogP contribution is -2.32. The van der Waals surface area contributed by atoms with Crippen LogP contribution in [0.3, 0.4) is 0 Å². The third kappa shape index (κ3) is 5.34. The summed E-state index contributed by atoms with van der Waals surface area (Å²) in [6.45, 7) is 1.81. The van der Waals surface area contributed by atoms with Crippen LogP contribution in [0.15, 0.2) is 72.8 Å². The third-order valence-electron chi connectivity index (χ3n) is 3.89. The highest BCUT2D eigenvalue weighted by molar-refractivity contribution is 6.30. The number of amides is 2. The van der Waals surface area contributed by atoms with Gasteiger partial charge in [-0.05, 0) is 61.0 Å². The molecule has 0 spiro atoms. The second kappa shape index (κ2) is 9.06. The van der Waals surface area contributed by atoms with Gasteiger partial charge >= 0.3 is 0 Å². The first-order valence-electron chi connectivity index (χ1n) is 8.68. The van der Waals surface area contributed by atoms with E-state index in [-0.39, 0.29) is 18.4 Å². The standard InChI is InChI=1S/C22H19ClN2O3/c1-15-5-4-6-18(13-15)28-20-8-3-2-7-19(20)25-21(26)14-24-22(27)16-9-11-17(23)12-10-16/h2-13H,14H2,1H3,(H,24,27)(H,25,26). The lowest BCUT2D eigenvalue weighted by Gasteiger charge is -2.13. The number of hydrogen-bond donors (Lipinski definition) is 2. The van der Waals surface area contributed by atoms with Crippen LogP contribution in [0.5, 0.6) is 11.5 Å². The van der Waals surface area contributed by atoms with Gasteiger partial charge in [-0.1, -0.05) is 35.9 Å². The van der Waals surface area contributed by atoms with Crippen LogP contribution in [-0.2, 0) is 4.79 Å².